The molecule has 1 aromatic heterocycles. The molecule has 0 aliphatic heterocycles. The zero-order valence-electron chi connectivity index (χ0n) is 14.8. The molecule has 1 heterocycles. The molecule has 0 saturated carbocycles. The minimum Gasteiger partial charge on any atom is -0.352 e. The summed E-state index contributed by atoms with van der Waals surface area (Å²) in [6, 6.07) is 14.5. The van der Waals surface area contributed by atoms with Gasteiger partial charge in [-0.25, -0.2) is 0 Å². The van der Waals surface area contributed by atoms with Crippen molar-refractivity contribution in [2.45, 2.75) is 26.4 Å². The third-order valence-corrected chi connectivity index (χ3v) is 4.08. The summed E-state index contributed by atoms with van der Waals surface area (Å²) in [6.07, 6.45) is 0. The molecular formula is C20H21N3O3. The van der Waals surface area contributed by atoms with Crippen LogP contribution in [0.4, 0.5) is 0 Å². The van der Waals surface area contributed by atoms with Gasteiger partial charge in [0, 0.05) is 16.8 Å². The minimum absolute atomic E-state index is 0.0197. The number of hydrogen-bond acceptors (Lipinski definition) is 3. The number of carbonyl (C=O) groups excluding carboxylic acids is 2. The van der Waals surface area contributed by atoms with Crippen LogP contribution >= 0.6 is 0 Å². The normalized spacial score (nSPS) is 11.0. The second-order valence-corrected chi connectivity index (χ2v) is 6.45. The number of benzene rings is 2. The zero-order chi connectivity index (χ0) is 18.7. The van der Waals surface area contributed by atoms with E-state index in [4.69, 9.17) is 0 Å². The van der Waals surface area contributed by atoms with E-state index in [2.05, 4.69) is 10.6 Å². The molecule has 6 heteroatoms. The molecule has 0 unspecified atom stereocenters. The van der Waals surface area contributed by atoms with Crippen molar-refractivity contribution in [2.24, 2.45) is 0 Å². The minimum atomic E-state index is -0.289. The highest BCUT2D eigenvalue weighted by molar-refractivity contribution is 5.95. The summed E-state index contributed by atoms with van der Waals surface area (Å²) in [5, 5.41) is 6.49. The van der Waals surface area contributed by atoms with Crippen LogP contribution in [0.1, 0.15) is 13.8 Å². The van der Waals surface area contributed by atoms with E-state index in [1.807, 2.05) is 42.7 Å². The van der Waals surface area contributed by atoms with Crippen molar-refractivity contribution in [3.8, 4) is 0 Å². The lowest BCUT2D eigenvalue weighted by molar-refractivity contribution is -0.126. The number of amides is 2. The van der Waals surface area contributed by atoms with Crippen LogP contribution in [-0.2, 0) is 16.1 Å². The maximum atomic E-state index is 12.7. The van der Waals surface area contributed by atoms with Gasteiger partial charge in [-0.3, -0.25) is 14.4 Å². The number of pyridine rings is 1. The first-order valence-electron chi connectivity index (χ1n) is 8.53. The Morgan fingerprint density at radius 2 is 1.46 bits per heavy atom. The van der Waals surface area contributed by atoms with E-state index >= 15 is 0 Å². The fraction of sp³-hybridized carbons (Fsp3) is 0.250. The van der Waals surface area contributed by atoms with Crippen LogP contribution < -0.4 is 16.1 Å². The van der Waals surface area contributed by atoms with Crippen LogP contribution in [-0.4, -0.2) is 29.0 Å². The van der Waals surface area contributed by atoms with Crippen LogP contribution in [0.25, 0.3) is 21.8 Å². The Morgan fingerprint density at radius 3 is 2.00 bits per heavy atom. The van der Waals surface area contributed by atoms with Gasteiger partial charge < -0.3 is 15.2 Å². The molecule has 6 nitrogen and oxygen atoms in total. The van der Waals surface area contributed by atoms with Crippen LogP contribution in [0.5, 0.6) is 0 Å². The maximum Gasteiger partial charge on any atom is 0.240 e. The highest BCUT2D eigenvalue weighted by Crippen LogP contribution is 2.18. The van der Waals surface area contributed by atoms with Gasteiger partial charge in [-0.2, -0.15) is 0 Å². The number of rotatable bonds is 5. The second kappa shape index (κ2) is 7.39. The van der Waals surface area contributed by atoms with Crippen molar-refractivity contribution in [3.63, 3.8) is 0 Å². The third kappa shape index (κ3) is 3.59. The van der Waals surface area contributed by atoms with Gasteiger partial charge in [-0.15, -0.1) is 0 Å². The average molecular weight is 351 g/mol. The van der Waals surface area contributed by atoms with E-state index in [9.17, 15) is 14.4 Å². The van der Waals surface area contributed by atoms with Gasteiger partial charge in [0.05, 0.1) is 17.6 Å². The molecule has 0 atom stereocenters. The Bertz CT molecular complexity index is 977. The van der Waals surface area contributed by atoms with E-state index in [1.165, 1.54) is 0 Å². The van der Waals surface area contributed by atoms with Crippen LogP contribution in [0, 0.1) is 0 Å². The molecule has 134 valence electrons. The van der Waals surface area contributed by atoms with Gasteiger partial charge in [0.25, 0.3) is 0 Å². The Kier molecular flexibility index (Phi) is 5.02. The molecule has 3 aromatic rings. The van der Waals surface area contributed by atoms with Gasteiger partial charge in [0.1, 0.15) is 6.54 Å². The number of carbonyl (C=O) groups is 2. The van der Waals surface area contributed by atoms with Crippen molar-refractivity contribution in [3.05, 3.63) is 58.8 Å². The Morgan fingerprint density at radius 1 is 0.923 bits per heavy atom. The molecule has 0 aliphatic rings. The lowest BCUT2D eigenvalue weighted by atomic mass is 10.1. The summed E-state index contributed by atoms with van der Waals surface area (Å²) in [5.41, 5.74) is 1.33. The zero-order valence-corrected chi connectivity index (χ0v) is 14.8. The molecule has 2 N–H and O–H groups in total. The van der Waals surface area contributed by atoms with Gasteiger partial charge in [-0.1, -0.05) is 24.3 Å². The molecule has 0 radical (unpaired) electrons. The van der Waals surface area contributed by atoms with Crippen molar-refractivity contribution in [1.82, 2.24) is 15.2 Å². The first-order chi connectivity index (χ1) is 12.5. The summed E-state index contributed by atoms with van der Waals surface area (Å²) >= 11 is 0. The number of nitrogens with zero attached hydrogens (tertiary/aromatic N) is 1. The molecule has 0 spiro atoms. The Balaban J connectivity index is 1.94. The first kappa shape index (κ1) is 17.7. The number of nitrogens with one attached hydrogen (secondary N) is 2. The van der Waals surface area contributed by atoms with E-state index in [0.717, 1.165) is 0 Å². The van der Waals surface area contributed by atoms with Crippen molar-refractivity contribution in [2.75, 3.05) is 6.54 Å². The van der Waals surface area contributed by atoms with Crippen molar-refractivity contribution < 1.29 is 9.59 Å². The molecule has 0 aliphatic carbocycles. The highest BCUT2D eigenvalue weighted by Gasteiger charge is 2.13. The lowest BCUT2D eigenvalue weighted by Crippen LogP contribution is -2.40. The molecule has 0 saturated heterocycles. The van der Waals surface area contributed by atoms with Gasteiger partial charge in [0.15, 0.2) is 5.43 Å². The fourth-order valence-electron chi connectivity index (χ4n) is 3.00. The quantitative estimate of drug-likeness (QED) is 0.688. The summed E-state index contributed by atoms with van der Waals surface area (Å²) in [6.45, 7) is 3.67. The van der Waals surface area contributed by atoms with E-state index in [0.29, 0.717) is 21.8 Å². The first-order valence-corrected chi connectivity index (χ1v) is 8.53. The van der Waals surface area contributed by atoms with Crippen LogP contribution in [0.15, 0.2) is 53.3 Å². The average Bonchev–Trinajstić information content (AvgIpc) is 2.63. The van der Waals surface area contributed by atoms with E-state index in [1.54, 1.807) is 24.3 Å². The predicted molar refractivity (Wildman–Crippen MR) is 102 cm³/mol. The van der Waals surface area contributed by atoms with Gasteiger partial charge in [0.2, 0.25) is 11.8 Å². The Labute approximate surface area is 150 Å². The highest BCUT2D eigenvalue weighted by atomic mass is 16.2. The van der Waals surface area contributed by atoms with E-state index in [-0.39, 0.29) is 36.4 Å². The molecule has 2 amide bonds. The molecule has 0 bridgehead atoms. The second-order valence-electron chi connectivity index (χ2n) is 6.45. The van der Waals surface area contributed by atoms with Gasteiger partial charge >= 0.3 is 0 Å². The fourth-order valence-corrected chi connectivity index (χ4v) is 3.00. The number of fused-ring (bicyclic) bond motifs is 2. The predicted octanol–water partition coefficient (Wildman–Crippen LogP) is 1.80. The number of hydrogen-bond donors (Lipinski definition) is 2. The molecule has 0 fully saturated rings. The third-order valence-electron chi connectivity index (χ3n) is 4.08. The smallest absolute Gasteiger partial charge is 0.240 e. The number of para-hydroxylation sites is 2. The Hall–Kier alpha value is -3.15. The van der Waals surface area contributed by atoms with Crippen molar-refractivity contribution in [1.29, 1.82) is 0 Å². The van der Waals surface area contributed by atoms with Crippen LogP contribution in [0.3, 0.4) is 0 Å². The topological polar surface area (TPSA) is 80.2 Å². The summed E-state index contributed by atoms with van der Waals surface area (Å²) in [7, 11) is 0. The molecular weight excluding hydrogens is 330 g/mol. The maximum absolute atomic E-state index is 12.7. The summed E-state index contributed by atoms with van der Waals surface area (Å²) in [5.74, 6) is -0.522. The van der Waals surface area contributed by atoms with Gasteiger partial charge in [-0.05, 0) is 38.1 Å². The lowest BCUT2D eigenvalue weighted by Gasteiger charge is -2.15. The summed E-state index contributed by atoms with van der Waals surface area (Å²) < 4.78 is 1.81. The monoisotopic (exact) mass is 351 g/mol. The SMILES string of the molecule is CC(C)NC(=O)CNC(=O)Cn1c2ccccc2c(=O)c2ccccc21. The van der Waals surface area contributed by atoms with E-state index < -0.39 is 0 Å². The standard InChI is InChI=1S/C20H21N3O3/c1-13(2)22-18(24)11-21-19(25)12-23-16-9-5-3-7-14(16)20(26)15-8-4-6-10-17(15)23/h3-10,13H,11-12H2,1-2H3,(H,21,25)(H,22,24). The molecule has 26 heavy (non-hydrogen) atoms. The summed E-state index contributed by atoms with van der Waals surface area (Å²) in [4.78, 5) is 36.8. The molecule has 3 rings (SSSR count). The number of aromatic nitrogens is 1. The van der Waals surface area contributed by atoms with Crippen molar-refractivity contribution >= 4 is 33.6 Å². The molecule has 2 aromatic carbocycles. The largest absolute Gasteiger partial charge is 0.352 e. The van der Waals surface area contributed by atoms with Crippen LogP contribution in [0.2, 0.25) is 0 Å².